The molecule has 0 amide bonds. The number of fused-ring (bicyclic) bond motifs is 1. The van der Waals surface area contributed by atoms with E-state index in [4.69, 9.17) is 16.6 Å². The molecular formula is C32H24ClN3S. The maximum absolute atomic E-state index is 9.93. The first-order valence-electron chi connectivity index (χ1n) is 12.4. The molecule has 0 fully saturated rings. The van der Waals surface area contributed by atoms with Crippen LogP contribution >= 0.6 is 22.9 Å². The van der Waals surface area contributed by atoms with E-state index in [0.717, 1.165) is 63.6 Å². The summed E-state index contributed by atoms with van der Waals surface area (Å²) in [5, 5.41) is 11.4. The van der Waals surface area contributed by atoms with E-state index in [1.807, 2.05) is 42.6 Å². The van der Waals surface area contributed by atoms with Crippen molar-refractivity contribution in [2.24, 2.45) is 4.99 Å². The van der Waals surface area contributed by atoms with Crippen LogP contribution in [-0.4, -0.2) is 10.8 Å². The lowest BCUT2D eigenvalue weighted by Crippen LogP contribution is -2.00. The predicted octanol–water partition coefficient (Wildman–Crippen LogP) is 9.03. The fraction of sp³-hybridized carbons (Fsp3) is 0.125. The van der Waals surface area contributed by atoms with Crippen molar-refractivity contribution < 1.29 is 0 Å². The van der Waals surface area contributed by atoms with Crippen LogP contribution in [-0.2, 0) is 12.8 Å². The first-order valence-corrected chi connectivity index (χ1v) is 13.6. The lowest BCUT2D eigenvalue weighted by Gasteiger charge is -2.15. The summed E-state index contributed by atoms with van der Waals surface area (Å²) in [7, 11) is 0. The Hall–Kier alpha value is -3.91. The average Bonchev–Trinajstić information content (AvgIpc) is 3.51. The zero-order valence-corrected chi connectivity index (χ0v) is 21.8. The topological polar surface area (TPSA) is 41.1 Å². The van der Waals surface area contributed by atoms with Crippen LogP contribution in [0.1, 0.15) is 34.4 Å². The van der Waals surface area contributed by atoms with Gasteiger partial charge in [-0.1, -0.05) is 72.3 Å². The van der Waals surface area contributed by atoms with Crippen LogP contribution in [0.3, 0.4) is 0 Å². The van der Waals surface area contributed by atoms with Gasteiger partial charge in [0, 0.05) is 27.4 Å². The van der Waals surface area contributed by atoms with Gasteiger partial charge in [-0.3, -0.25) is 0 Å². The van der Waals surface area contributed by atoms with Crippen LogP contribution in [0.15, 0.2) is 96.0 Å². The van der Waals surface area contributed by atoms with E-state index in [9.17, 15) is 5.26 Å². The van der Waals surface area contributed by atoms with Gasteiger partial charge < -0.3 is 4.57 Å². The molecule has 5 heteroatoms. The summed E-state index contributed by atoms with van der Waals surface area (Å²) in [6, 6.07) is 33.3. The summed E-state index contributed by atoms with van der Waals surface area (Å²) >= 11 is 7.92. The zero-order chi connectivity index (χ0) is 25.2. The van der Waals surface area contributed by atoms with Gasteiger partial charge in [0.05, 0.1) is 17.0 Å². The summed E-state index contributed by atoms with van der Waals surface area (Å²) in [6.07, 6.45) is 6.28. The summed E-state index contributed by atoms with van der Waals surface area (Å²) in [5.74, 6) is 0. The van der Waals surface area contributed by atoms with Crippen LogP contribution in [0, 0.1) is 11.3 Å². The molecule has 2 aromatic heterocycles. The molecule has 0 unspecified atom stereocenters. The van der Waals surface area contributed by atoms with Gasteiger partial charge in [-0.15, -0.1) is 11.3 Å². The Morgan fingerprint density at radius 1 is 0.865 bits per heavy atom. The molecular weight excluding hydrogens is 494 g/mol. The highest BCUT2D eigenvalue weighted by Crippen LogP contribution is 2.40. The number of hydrogen-bond donors (Lipinski definition) is 0. The van der Waals surface area contributed by atoms with Crippen molar-refractivity contribution in [3.8, 4) is 34.3 Å². The van der Waals surface area contributed by atoms with Crippen LogP contribution < -0.4 is 0 Å². The molecule has 1 aliphatic carbocycles. The minimum Gasteiger partial charge on any atom is -0.309 e. The van der Waals surface area contributed by atoms with Gasteiger partial charge in [0.1, 0.15) is 11.1 Å². The van der Waals surface area contributed by atoms with Crippen molar-refractivity contribution in [2.45, 2.75) is 25.7 Å². The van der Waals surface area contributed by atoms with Gasteiger partial charge in [0.2, 0.25) is 0 Å². The van der Waals surface area contributed by atoms with Crippen molar-refractivity contribution >= 4 is 34.2 Å². The first kappa shape index (κ1) is 23.5. The molecule has 1 aliphatic rings. The monoisotopic (exact) mass is 517 g/mol. The fourth-order valence-electron chi connectivity index (χ4n) is 5.09. The molecule has 0 saturated carbocycles. The quantitative estimate of drug-likeness (QED) is 0.214. The Morgan fingerprint density at radius 2 is 1.54 bits per heavy atom. The van der Waals surface area contributed by atoms with E-state index >= 15 is 0 Å². The van der Waals surface area contributed by atoms with Gasteiger partial charge in [-0.05, 0) is 72.7 Å². The Bertz CT molecular complexity index is 1620. The Kier molecular flexibility index (Phi) is 6.49. The molecule has 0 atom stereocenters. The molecule has 0 saturated heterocycles. The predicted molar refractivity (Wildman–Crippen MR) is 155 cm³/mol. The van der Waals surface area contributed by atoms with E-state index in [-0.39, 0.29) is 0 Å². The van der Waals surface area contributed by atoms with E-state index in [1.54, 1.807) is 11.3 Å². The van der Waals surface area contributed by atoms with Crippen molar-refractivity contribution in [3.63, 3.8) is 0 Å². The van der Waals surface area contributed by atoms with Gasteiger partial charge in [0.25, 0.3) is 0 Å². The van der Waals surface area contributed by atoms with Crippen LogP contribution in [0.5, 0.6) is 0 Å². The Balaban J connectivity index is 1.58. The zero-order valence-electron chi connectivity index (χ0n) is 20.2. The minimum atomic E-state index is 0.700. The standard InChI is InChI=1S/C32H24ClN3S/c33-25-15-17-26(18-16-25)36-29(22-9-3-1-4-10-22)19-24(31(36)23-11-5-2-6-12-23)21-35-32-28(20-34)27-13-7-8-14-30(27)37-32/h1-6,9-12,15-19,21H,7-8,13-14H2/b35-21+. The third kappa shape index (κ3) is 4.53. The van der Waals surface area contributed by atoms with Crippen LogP contribution in [0.25, 0.3) is 28.2 Å². The van der Waals surface area contributed by atoms with Crippen molar-refractivity contribution in [1.82, 2.24) is 4.57 Å². The van der Waals surface area contributed by atoms with Crippen LogP contribution in [0.2, 0.25) is 5.02 Å². The summed E-state index contributed by atoms with van der Waals surface area (Å²) in [5.41, 5.74) is 8.28. The third-order valence-electron chi connectivity index (χ3n) is 6.82. The molecule has 180 valence electrons. The average molecular weight is 518 g/mol. The van der Waals surface area contributed by atoms with Crippen molar-refractivity contribution in [3.05, 3.63) is 118 Å². The molecule has 0 N–H and O–H groups in total. The smallest absolute Gasteiger partial charge is 0.134 e. The highest BCUT2D eigenvalue weighted by atomic mass is 35.5. The maximum Gasteiger partial charge on any atom is 0.134 e. The lowest BCUT2D eigenvalue weighted by atomic mass is 9.96. The number of benzene rings is 3. The van der Waals surface area contributed by atoms with Gasteiger partial charge >= 0.3 is 0 Å². The molecule has 37 heavy (non-hydrogen) atoms. The lowest BCUT2D eigenvalue weighted by molar-refractivity contribution is 0.696. The van der Waals surface area contributed by atoms with E-state index in [0.29, 0.717) is 5.02 Å². The second-order valence-electron chi connectivity index (χ2n) is 9.14. The molecule has 5 aromatic rings. The molecule has 0 radical (unpaired) electrons. The summed E-state index contributed by atoms with van der Waals surface area (Å²) in [4.78, 5) is 6.25. The largest absolute Gasteiger partial charge is 0.309 e. The van der Waals surface area contributed by atoms with E-state index < -0.39 is 0 Å². The Labute approximate surface area is 225 Å². The second-order valence-corrected chi connectivity index (χ2v) is 10.7. The number of rotatable bonds is 5. The number of aromatic nitrogens is 1. The fourth-order valence-corrected chi connectivity index (χ4v) is 6.39. The number of thiophene rings is 1. The number of nitriles is 1. The molecule has 0 aliphatic heterocycles. The van der Waals surface area contributed by atoms with Crippen molar-refractivity contribution in [1.29, 1.82) is 5.26 Å². The molecule has 2 heterocycles. The number of halogens is 1. The van der Waals surface area contributed by atoms with Crippen LogP contribution in [0.4, 0.5) is 5.00 Å². The van der Waals surface area contributed by atoms with E-state index in [1.165, 1.54) is 16.9 Å². The number of hydrogen-bond acceptors (Lipinski definition) is 3. The molecule has 3 aromatic carbocycles. The highest BCUT2D eigenvalue weighted by molar-refractivity contribution is 7.16. The first-order chi connectivity index (χ1) is 18.2. The molecule has 0 bridgehead atoms. The Morgan fingerprint density at radius 3 is 2.24 bits per heavy atom. The molecule has 6 rings (SSSR count). The molecule has 3 nitrogen and oxygen atoms in total. The van der Waals surface area contributed by atoms with Gasteiger partial charge in [-0.25, -0.2) is 4.99 Å². The maximum atomic E-state index is 9.93. The third-order valence-corrected chi connectivity index (χ3v) is 8.27. The summed E-state index contributed by atoms with van der Waals surface area (Å²) < 4.78 is 2.27. The van der Waals surface area contributed by atoms with Gasteiger partial charge in [-0.2, -0.15) is 5.26 Å². The normalized spacial score (nSPS) is 13.0. The van der Waals surface area contributed by atoms with Gasteiger partial charge in [0.15, 0.2) is 0 Å². The van der Waals surface area contributed by atoms with E-state index in [2.05, 4.69) is 65.2 Å². The summed E-state index contributed by atoms with van der Waals surface area (Å²) in [6.45, 7) is 0. The number of aliphatic imine (C=N–C) groups is 1. The molecule has 0 spiro atoms. The number of aryl methyl sites for hydroxylation is 1. The highest BCUT2D eigenvalue weighted by Gasteiger charge is 2.22. The van der Waals surface area contributed by atoms with Crippen molar-refractivity contribution in [2.75, 3.05) is 0 Å². The minimum absolute atomic E-state index is 0.700. The second kappa shape index (κ2) is 10.2. The number of nitrogens with zero attached hydrogens (tertiary/aromatic N) is 3. The SMILES string of the molecule is N#Cc1c(/N=C/c2cc(-c3ccccc3)n(-c3ccc(Cl)cc3)c2-c2ccccc2)sc2c1CCCC2.